The number of para-hydroxylation sites is 1. The number of hydrogen-bond donors (Lipinski definition) is 3. The second kappa shape index (κ2) is 4.97. The lowest BCUT2D eigenvalue weighted by Crippen LogP contribution is -2.43. The Balaban J connectivity index is 3.10. The summed E-state index contributed by atoms with van der Waals surface area (Å²) in [5, 5.41) is 30.4. The van der Waals surface area contributed by atoms with Crippen LogP contribution >= 0.6 is 0 Å². The van der Waals surface area contributed by atoms with Crippen LogP contribution in [0.2, 0.25) is 0 Å². The summed E-state index contributed by atoms with van der Waals surface area (Å²) in [7, 11) is 0. The molecule has 4 heteroatoms. The molecule has 0 aliphatic heterocycles. The van der Waals surface area contributed by atoms with E-state index in [1.807, 2.05) is 13.0 Å². The molecule has 0 aromatic heterocycles. The Morgan fingerprint density at radius 2 is 2.00 bits per heavy atom. The molecule has 0 saturated heterocycles. The molecule has 16 heavy (non-hydrogen) atoms. The van der Waals surface area contributed by atoms with Crippen LogP contribution in [-0.2, 0) is 0 Å². The molecule has 0 heterocycles. The minimum atomic E-state index is -0.822. The smallest absolute Gasteiger partial charge is 0.101 e. The number of anilines is 1. The van der Waals surface area contributed by atoms with E-state index in [-0.39, 0.29) is 13.2 Å². The summed E-state index contributed by atoms with van der Waals surface area (Å²) in [5.74, 6) is 0. The molecule has 0 spiro atoms. The van der Waals surface area contributed by atoms with Gasteiger partial charge < -0.3 is 15.5 Å². The topological polar surface area (TPSA) is 76.3 Å². The number of aliphatic hydroxyl groups is 2. The molecule has 0 unspecified atom stereocenters. The number of rotatable bonds is 4. The summed E-state index contributed by atoms with van der Waals surface area (Å²) in [6.07, 6.45) is 0. The molecule has 0 saturated carbocycles. The van der Waals surface area contributed by atoms with Crippen molar-refractivity contribution in [1.82, 2.24) is 0 Å². The predicted octanol–water partition coefficient (Wildman–Crippen LogP) is 1.02. The molecule has 1 aromatic carbocycles. The van der Waals surface area contributed by atoms with Gasteiger partial charge in [0.2, 0.25) is 0 Å². The lowest BCUT2D eigenvalue weighted by Gasteiger charge is -2.28. The van der Waals surface area contributed by atoms with E-state index >= 15 is 0 Å². The van der Waals surface area contributed by atoms with E-state index in [4.69, 9.17) is 5.26 Å². The summed E-state index contributed by atoms with van der Waals surface area (Å²) >= 11 is 0. The van der Waals surface area contributed by atoms with Gasteiger partial charge in [-0.25, -0.2) is 0 Å². The fraction of sp³-hybridized carbons (Fsp3) is 0.417. The summed E-state index contributed by atoms with van der Waals surface area (Å²) in [4.78, 5) is 0. The third kappa shape index (κ3) is 2.51. The minimum absolute atomic E-state index is 0.206. The highest BCUT2D eigenvalue weighted by atomic mass is 16.3. The van der Waals surface area contributed by atoms with Crippen molar-refractivity contribution in [3.8, 4) is 6.07 Å². The highest BCUT2D eigenvalue weighted by Crippen LogP contribution is 2.23. The number of aryl methyl sites for hydroxylation is 1. The standard InChI is InChI=1S/C12H16N2O2/c1-9-4-3-5-10(6-13)11(9)14-12(2,7-15)8-16/h3-5,14-16H,7-8H2,1-2H3. The van der Waals surface area contributed by atoms with Crippen LogP contribution in [-0.4, -0.2) is 29.0 Å². The van der Waals surface area contributed by atoms with E-state index in [1.54, 1.807) is 19.1 Å². The van der Waals surface area contributed by atoms with Crippen molar-refractivity contribution in [2.45, 2.75) is 19.4 Å². The first-order valence-electron chi connectivity index (χ1n) is 5.06. The van der Waals surface area contributed by atoms with Crippen molar-refractivity contribution in [3.05, 3.63) is 29.3 Å². The number of nitrogens with zero attached hydrogens (tertiary/aromatic N) is 1. The summed E-state index contributed by atoms with van der Waals surface area (Å²) in [6.45, 7) is 3.16. The van der Waals surface area contributed by atoms with E-state index < -0.39 is 5.54 Å². The van der Waals surface area contributed by atoms with Crippen molar-refractivity contribution in [2.75, 3.05) is 18.5 Å². The maximum absolute atomic E-state index is 9.20. The molecule has 1 aromatic rings. The lowest BCUT2D eigenvalue weighted by molar-refractivity contribution is 0.147. The normalized spacial score (nSPS) is 10.9. The van der Waals surface area contributed by atoms with Crippen LogP contribution in [0.5, 0.6) is 0 Å². The van der Waals surface area contributed by atoms with Crippen molar-refractivity contribution < 1.29 is 10.2 Å². The van der Waals surface area contributed by atoms with E-state index in [0.29, 0.717) is 11.3 Å². The molecule has 0 amide bonds. The Morgan fingerprint density at radius 1 is 1.38 bits per heavy atom. The van der Waals surface area contributed by atoms with Gasteiger partial charge in [0.15, 0.2) is 0 Å². The second-order valence-corrected chi connectivity index (χ2v) is 4.11. The molecular formula is C12H16N2O2. The number of aliphatic hydroxyl groups excluding tert-OH is 2. The SMILES string of the molecule is Cc1cccc(C#N)c1NC(C)(CO)CO. The highest BCUT2D eigenvalue weighted by molar-refractivity contribution is 5.63. The largest absolute Gasteiger partial charge is 0.394 e. The molecule has 0 radical (unpaired) electrons. The summed E-state index contributed by atoms with van der Waals surface area (Å²) in [5.41, 5.74) is 1.26. The summed E-state index contributed by atoms with van der Waals surface area (Å²) in [6, 6.07) is 7.45. The first-order valence-corrected chi connectivity index (χ1v) is 5.06. The number of hydrogen-bond acceptors (Lipinski definition) is 4. The van der Waals surface area contributed by atoms with Gasteiger partial charge in [0, 0.05) is 0 Å². The van der Waals surface area contributed by atoms with Crippen LogP contribution in [0, 0.1) is 18.3 Å². The Kier molecular flexibility index (Phi) is 3.88. The zero-order valence-electron chi connectivity index (χ0n) is 9.49. The van der Waals surface area contributed by atoms with Gasteiger partial charge in [-0.15, -0.1) is 0 Å². The number of nitrogens with one attached hydrogen (secondary N) is 1. The van der Waals surface area contributed by atoms with Crippen LogP contribution in [0.1, 0.15) is 18.1 Å². The van der Waals surface area contributed by atoms with Crippen LogP contribution in [0.4, 0.5) is 5.69 Å². The fourth-order valence-electron chi connectivity index (χ4n) is 1.36. The quantitative estimate of drug-likeness (QED) is 0.708. The fourth-order valence-corrected chi connectivity index (χ4v) is 1.36. The number of benzene rings is 1. The zero-order valence-corrected chi connectivity index (χ0v) is 9.49. The highest BCUT2D eigenvalue weighted by Gasteiger charge is 2.23. The van der Waals surface area contributed by atoms with Gasteiger partial charge in [0.1, 0.15) is 6.07 Å². The average Bonchev–Trinajstić information content (AvgIpc) is 2.31. The van der Waals surface area contributed by atoms with Crippen molar-refractivity contribution in [3.63, 3.8) is 0 Å². The second-order valence-electron chi connectivity index (χ2n) is 4.11. The van der Waals surface area contributed by atoms with Crippen LogP contribution in [0.25, 0.3) is 0 Å². The minimum Gasteiger partial charge on any atom is -0.394 e. The number of nitriles is 1. The Morgan fingerprint density at radius 3 is 2.50 bits per heavy atom. The molecule has 3 N–H and O–H groups in total. The van der Waals surface area contributed by atoms with Crippen molar-refractivity contribution >= 4 is 5.69 Å². The van der Waals surface area contributed by atoms with E-state index in [1.165, 1.54) is 0 Å². The maximum atomic E-state index is 9.20. The molecular weight excluding hydrogens is 204 g/mol. The molecule has 0 atom stereocenters. The zero-order chi connectivity index (χ0) is 12.2. The van der Waals surface area contributed by atoms with Gasteiger partial charge >= 0.3 is 0 Å². The van der Waals surface area contributed by atoms with Gasteiger partial charge in [-0.3, -0.25) is 0 Å². The van der Waals surface area contributed by atoms with Gasteiger partial charge in [0.05, 0.1) is 30.0 Å². The van der Waals surface area contributed by atoms with Gasteiger partial charge in [-0.1, -0.05) is 12.1 Å². The first-order chi connectivity index (χ1) is 7.56. The Labute approximate surface area is 95.2 Å². The van der Waals surface area contributed by atoms with Gasteiger partial charge in [-0.05, 0) is 25.5 Å². The molecule has 0 aliphatic rings. The summed E-state index contributed by atoms with van der Waals surface area (Å²) < 4.78 is 0. The van der Waals surface area contributed by atoms with E-state index in [9.17, 15) is 10.2 Å². The molecule has 0 bridgehead atoms. The Bertz CT molecular complexity index is 406. The van der Waals surface area contributed by atoms with Crippen molar-refractivity contribution in [2.24, 2.45) is 0 Å². The van der Waals surface area contributed by atoms with E-state index in [0.717, 1.165) is 5.56 Å². The van der Waals surface area contributed by atoms with Crippen molar-refractivity contribution in [1.29, 1.82) is 5.26 Å². The molecule has 1 rings (SSSR count). The maximum Gasteiger partial charge on any atom is 0.101 e. The first kappa shape index (κ1) is 12.5. The monoisotopic (exact) mass is 220 g/mol. The third-order valence-corrected chi connectivity index (χ3v) is 2.52. The van der Waals surface area contributed by atoms with Crippen LogP contribution in [0.15, 0.2) is 18.2 Å². The van der Waals surface area contributed by atoms with Gasteiger partial charge in [-0.2, -0.15) is 5.26 Å². The van der Waals surface area contributed by atoms with E-state index in [2.05, 4.69) is 11.4 Å². The third-order valence-electron chi connectivity index (χ3n) is 2.52. The van der Waals surface area contributed by atoms with Gasteiger partial charge in [0.25, 0.3) is 0 Å². The molecule has 0 fully saturated rings. The molecule has 86 valence electrons. The van der Waals surface area contributed by atoms with Crippen LogP contribution < -0.4 is 5.32 Å². The van der Waals surface area contributed by atoms with Crippen LogP contribution in [0.3, 0.4) is 0 Å². The average molecular weight is 220 g/mol. The molecule has 4 nitrogen and oxygen atoms in total. The molecule has 0 aliphatic carbocycles. The Hall–Kier alpha value is -1.57. The predicted molar refractivity (Wildman–Crippen MR) is 62.1 cm³/mol. The lowest BCUT2D eigenvalue weighted by atomic mass is 10.0.